The number of benzene rings is 3. The quantitative estimate of drug-likeness (QED) is 0.205. The molecule has 1 aliphatic rings. The first-order chi connectivity index (χ1) is 16.9. The molecule has 5 rings (SSSR count). The van der Waals surface area contributed by atoms with Gasteiger partial charge < -0.3 is 14.9 Å². The van der Waals surface area contributed by atoms with E-state index in [4.69, 9.17) is 16.3 Å². The summed E-state index contributed by atoms with van der Waals surface area (Å²) in [5.74, 6) is -1.86. The van der Waals surface area contributed by atoms with E-state index < -0.39 is 17.7 Å². The minimum absolute atomic E-state index is 0.0785. The first-order valence-corrected chi connectivity index (χ1v) is 12.0. The van der Waals surface area contributed by atoms with Crippen molar-refractivity contribution in [2.45, 2.75) is 13.0 Å². The largest absolute Gasteiger partial charge is 0.507 e. The summed E-state index contributed by atoms with van der Waals surface area (Å²) in [5.41, 5.74) is 1.40. The van der Waals surface area contributed by atoms with Gasteiger partial charge >= 0.3 is 5.91 Å². The average Bonchev–Trinajstić information content (AvgIpc) is 3.39. The van der Waals surface area contributed by atoms with Crippen molar-refractivity contribution in [3.05, 3.63) is 88.5 Å². The fourth-order valence-electron chi connectivity index (χ4n) is 4.04. The fourth-order valence-corrected chi connectivity index (χ4v) is 5.16. The van der Waals surface area contributed by atoms with Crippen LogP contribution in [-0.2, 0) is 9.59 Å². The lowest BCUT2D eigenvalue weighted by molar-refractivity contribution is -0.132. The van der Waals surface area contributed by atoms with Crippen LogP contribution in [0.25, 0.3) is 16.0 Å². The van der Waals surface area contributed by atoms with Crippen LogP contribution in [0, 0.1) is 0 Å². The number of phenolic OH excluding ortho intramolecular Hbond substituents is 1. The van der Waals surface area contributed by atoms with Crippen molar-refractivity contribution in [2.24, 2.45) is 0 Å². The fraction of sp³-hybridized carbons (Fsp3) is 0.115. The molecular formula is C26H19ClN2O5S. The van der Waals surface area contributed by atoms with Crippen molar-refractivity contribution in [1.82, 2.24) is 4.98 Å². The van der Waals surface area contributed by atoms with Crippen LogP contribution in [0.3, 0.4) is 0 Å². The number of aromatic nitrogens is 1. The molecule has 0 spiro atoms. The van der Waals surface area contributed by atoms with Gasteiger partial charge in [0.25, 0.3) is 5.78 Å². The van der Waals surface area contributed by atoms with Gasteiger partial charge in [0.2, 0.25) is 0 Å². The third kappa shape index (κ3) is 4.00. The zero-order valence-corrected chi connectivity index (χ0v) is 20.0. The predicted octanol–water partition coefficient (Wildman–Crippen LogP) is 5.68. The van der Waals surface area contributed by atoms with Gasteiger partial charge in [0.15, 0.2) is 16.6 Å². The van der Waals surface area contributed by atoms with Crippen LogP contribution < -0.4 is 9.64 Å². The molecule has 2 N–H and O–H groups in total. The molecule has 1 unspecified atom stereocenters. The highest BCUT2D eigenvalue weighted by atomic mass is 35.5. The number of rotatable bonds is 5. The van der Waals surface area contributed by atoms with E-state index in [0.717, 1.165) is 4.70 Å². The van der Waals surface area contributed by atoms with Gasteiger partial charge in [0.05, 0.1) is 28.4 Å². The highest BCUT2D eigenvalue weighted by Gasteiger charge is 2.48. The van der Waals surface area contributed by atoms with Crippen LogP contribution in [0.1, 0.15) is 24.1 Å². The lowest BCUT2D eigenvalue weighted by atomic mass is 9.95. The Labute approximate surface area is 209 Å². The lowest BCUT2D eigenvalue weighted by Crippen LogP contribution is -2.29. The van der Waals surface area contributed by atoms with E-state index in [0.29, 0.717) is 33.4 Å². The molecule has 2 heterocycles. The SMILES string of the molecule is CCOc1cc(C2C(=C(O)c3ccc(Cl)cc3)C(=O)C(=O)N2c2nc3ccccc3s2)ccc1O. The van der Waals surface area contributed by atoms with Gasteiger partial charge in [-0.1, -0.05) is 41.1 Å². The second-order valence-electron chi connectivity index (χ2n) is 7.80. The number of nitrogens with zero attached hydrogens (tertiary/aromatic N) is 2. The van der Waals surface area contributed by atoms with E-state index in [1.54, 1.807) is 43.3 Å². The van der Waals surface area contributed by atoms with Crippen molar-refractivity contribution in [3.8, 4) is 11.5 Å². The maximum absolute atomic E-state index is 13.3. The number of aromatic hydroxyl groups is 1. The maximum atomic E-state index is 13.3. The van der Waals surface area contributed by atoms with Crippen LogP contribution in [0.5, 0.6) is 11.5 Å². The molecule has 176 valence electrons. The molecule has 7 nitrogen and oxygen atoms in total. The Kier molecular flexibility index (Phi) is 5.92. The van der Waals surface area contributed by atoms with Crippen molar-refractivity contribution in [3.63, 3.8) is 0 Å². The van der Waals surface area contributed by atoms with Gasteiger partial charge in [-0.05, 0) is 61.0 Å². The minimum Gasteiger partial charge on any atom is -0.507 e. The molecule has 4 aromatic rings. The van der Waals surface area contributed by atoms with Gasteiger partial charge in [-0.2, -0.15) is 0 Å². The summed E-state index contributed by atoms with van der Waals surface area (Å²) in [6.07, 6.45) is 0. The number of hydrogen-bond acceptors (Lipinski definition) is 7. The number of aliphatic hydroxyl groups excluding tert-OH is 1. The second-order valence-corrected chi connectivity index (χ2v) is 9.25. The molecule has 1 amide bonds. The number of hydrogen-bond donors (Lipinski definition) is 2. The van der Waals surface area contributed by atoms with Gasteiger partial charge in [0, 0.05) is 10.6 Å². The van der Waals surface area contributed by atoms with Crippen LogP contribution >= 0.6 is 22.9 Å². The summed E-state index contributed by atoms with van der Waals surface area (Å²) in [6.45, 7) is 2.08. The maximum Gasteiger partial charge on any atom is 0.301 e. The summed E-state index contributed by atoms with van der Waals surface area (Å²) in [4.78, 5) is 32.5. The van der Waals surface area contributed by atoms with Crippen LogP contribution in [0.2, 0.25) is 5.02 Å². The summed E-state index contributed by atoms with van der Waals surface area (Å²) in [5, 5.41) is 22.2. The van der Waals surface area contributed by atoms with Crippen LogP contribution in [0.4, 0.5) is 5.13 Å². The van der Waals surface area contributed by atoms with E-state index >= 15 is 0 Å². The number of para-hydroxylation sites is 1. The van der Waals surface area contributed by atoms with Gasteiger partial charge in [0.1, 0.15) is 5.76 Å². The highest BCUT2D eigenvalue weighted by Crippen LogP contribution is 2.45. The van der Waals surface area contributed by atoms with Gasteiger partial charge in [-0.15, -0.1) is 0 Å². The molecule has 0 saturated carbocycles. The Morgan fingerprint density at radius 3 is 2.57 bits per heavy atom. The number of phenols is 1. The summed E-state index contributed by atoms with van der Waals surface area (Å²) < 4.78 is 6.38. The predicted molar refractivity (Wildman–Crippen MR) is 135 cm³/mol. The van der Waals surface area contributed by atoms with E-state index in [1.807, 2.05) is 24.3 Å². The molecular weight excluding hydrogens is 488 g/mol. The normalized spacial score (nSPS) is 17.3. The number of ether oxygens (including phenoxy) is 1. The number of Topliss-reactive ketones (excluding diaryl/α,β-unsaturated/α-hetero) is 1. The van der Waals surface area contributed by atoms with Crippen LogP contribution in [-0.4, -0.2) is 33.5 Å². The third-order valence-corrected chi connectivity index (χ3v) is 6.94. The van der Waals surface area contributed by atoms with E-state index in [9.17, 15) is 19.8 Å². The topological polar surface area (TPSA) is 100.0 Å². The molecule has 0 radical (unpaired) electrons. The molecule has 0 bridgehead atoms. The first-order valence-electron chi connectivity index (χ1n) is 10.8. The minimum atomic E-state index is -0.994. The Bertz CT molecular complexity index is 1460. The molecule has 9 heteroatoms. The number of carbonyl (C=O) groups excluding carboxylic acids is 2. The number of carbonyl (C=O) groups is 2. The smallest absolute Gasteiger partial charge is 0.301 e. The summed E-state index contributed by atoms with van der Waals surface area (Å²) in [6, 6.07) is 17.3. The third-order valence-electron chi connectivity index (χ3n) is 5.65. The molecule has 1 atom stereocenters. The lowest BCUT2D eigenvalue weighted by Gasteiger charge is -2.23. The van der Waals surface area contributed by atoms with E-state index in [1.165, 1.54) is 22.3 Å². The summed E-state index contributed by atoms with van der Waals surface area (Å²) in [7, 11) is 0. The van der Waals surface area contributed by atoms with Gasteiger partial charge in [-0.25, -0.2) is 4.98 Å². The number of amides is 1. The average molecular weight is 507 g/mol. The molecule has 1 fully saturated rings. The summed E-state index contributed by atoms with van der Waals surface area (Å²) >= 11 is 7.25. The highest BCUT2D eigenvalue weighted by molar-refractivity contribution is 7.22. The second kappa shape index (κ2) is 9.05. The van der Waals surface area contributed by atoms with Crippen LogP contribution in [0.15, 0.2) is 72.3 Å². The first kappa shape index (κ1) is 22.9. The Morgan fingerprint density at radius 2 is 1.86 bits per heavy atom. The number of thiazole rings is 1. The van der Waals surface area contributed by atoms with Gasteiger partial charge in [-0.3, -0.25) is 14.5 Å². The molecule has 1 aliphatic heterocycles. The molecule has 1 saturated heterocycles. The Balaban J connectivity index is 1.74. The standard InChI is InChI=1S/C26H19ClN2O5S/c1-2-34-19-13-15(9-12-18(19)30)22-21(23(31)14-7-10-16(27)11-8-14)24(32)25(33)29(22)26-28-17-5-3-4-6-20(17)35-26/h3-13,22,30-31H,2H2,1H3. The van der Waals surface area contributed by atoms with E-state index in [-0.39, 0.29) is 22.8 Å². The molecule has 1 aromatic heterocycles. The van der Waals surface area contributed by atoms with Crippen molar-refractivity contribution in [1.29, 1.82) is 0 Å². The number of anilines is 1. The number of aliphatic hydroxyl groups is 1. The van der Waals surface area contributed by atoms with E-state index in [2.05, 4.69) is 4.98 Å². The van der Waals surface area contributed by atoms with Crippen molar-refractivity contribution < 1.29 is 24.5 Å². The zero-order chi connectivity index (χ0) is 24.7. The molecule has 3 aromatic carbocycles. The Morgan fingerprint density at radius 1 is 1.11 bits per heavy atom. The van der Waals surface area contributed by atoms with Crippen molar-refractivity contribution >= 4 is 55.7 Å². The Hall–Kier alpha value is -3.88. The number of ketones is 1. The van der Waals surface area contributed by atoms with Crippen molar-refractivity contribution in [2.75, 3.05) is 11.5 Å². The number of halogens is 1. The zero-order valence-electron chi connectivity index (χ0n) is 18.4. The monoisotopic (exact) mass is 506 g/mol. The molecule has 35 heavy (non-hydrogen) atoms. The number of fused-ring (bicyclic) bond motifs is 1. The molecule has 0 aliphatic carbocycles.